The summed E-state index contributed by atoms with van der Waals surface area (Å²) in [5, 5.41) is 3.77. The summed E-state index contributed by atoms with van der Waals surface area (Å²) in [4.78, 5) is 0. The second kappa shape index (κ2) is 6.58. The lowest BCUT2D eigenvalue weighted by molar-refractivity contribution is 0.195. The van der Waals surface area contributed by atoms with Gasteiger partial charge in [0.15, 0.2) is 0 Å². The summed E-state index contributed by atoms with van der Waals surface area (Å²) in [5.41, 5.74) is 1.92. The highest BCUT2D eigenvalue weighted by Crippen LogP contribution is 2.45. The Labute approximate surface area is 108 Å². The Morgan fingerprint density at radius 2 is 2.12 bits per heavy atom. The number of hydrogen-bond acceptors (Lipinski definition) is 1. The SMILES string of the molecule is C=C(CC)CC(NCCC)C1CCCC1(C)C. The van der Waals surface area contributed by atoms with Crippen molar-refractivity contribution in [2.45, 2.75) is 72.3 Å². The maximum absolute atomic E-state index is 4.20. The van der Waals surface area contributed by atoms with Crippen LogP contribution < -0.4 is 5.32 Å². The summed E-state index contributed by atoms with van der Waals surface area (Å²) in [6.45, 7) is 14.7. The van der Waals surface area contributed by atoms with E-state index in [1.54, 1.807) is 0 Å². The summed E-state index contributed by atoms with van der Waals surface area (Å²) >= 11 is 0. The Balaban J connectivity index is 2.64. The van der Waals surface area contributed by atoms with Gasteiger partial charge in [-0.15, -0.1) is 0 Å². The first kappa shape index (κ1) is 14.8. The van der Waals surface area contributed by atoms with E-state index >= 15 is 0 Å². The molecule has 0 aromatic rings. The predicted octanol–water partition coefficient (Wildman–Crippen LogP) is 4.54. The van der Waals surface area contributed by atoms with Gasteiger partial charge in [0, 0.05) is 6.04 Å². The zero-order valence-corrected chi connectivity index (χ0v) is 12.3. The molecule has 0 aliphatic heterocycles. The molecular formula is C16H31N. The van der Waals surface area contributed by atoms with E-state index in [9.17, 15) is 0 Å². The van der Waals surface area contributed by atoms with E-state index in [4.69, 9.17) is 0 Å². The van der Waals surface area contributed by atoms with Crippen LogP contribution in [0, 0.1) is 11.3 Å². The van der Waals surface area contributed by atoms with Crippen molar-refractivity contribution < 1.29 is 0 Å². The fraction of sp³-hybridized carbons (Fsp3) is 0.875. The van der Waals surface area contributed by atoms with Gasteiger partial charge >= 0.3 is 0 Å². The van der Waals surface area contributed by atoms with Gasteiger partial charge < -0.3 is 5.32 Å². The smallest absolute Gasteiger partial charge is 0.0137 e. The number of nitrogens with one attached hydrogen (secondary N) is 1. The third kappa shape index (κ3) is 4.13. The van der Waals surface area contributed by atoms with Gasteiger partial charge in [-0.25, -0.2) is 0 Å². The molecule has 2 atom stereocenters. The van der Waals surface area contributed by atoms with Crippen molar-refractivity contribution >= 4 is 0 Å². The van der Waals surface area contributed by atoms with Gasteiger partial charge in [-0.05, 0) is 50.0 Å². The topological polar surface area (TPSA) is 12.0 Å². The second-order valence-electron chi connectivity index (χ2n) is 6.36. The second-order valence-corrected chi connectivity index (χ2v) is 6.36. The van der Waals surface area contributed by atoms with Crippen molar-refractivity contribution in [2.24, 2.45) is 11.3 Å². The van der Waals surface area contributed by atoms with Crippen LogP contribution in [0.3, 0.4) is 0 Å². The first-order chi connectivity index (χ1) is 8.01. The predicted molar refractivity (Wildman–Crippen MR) is 77.3 cm³/mol. The fourth-order valence-corrected chi connectivity index (χ4v) is 3.24. The lowest BCUT2D eigenvalue weighted by atomic mass is 9.75. The van der Waals surface area contributed by atoms with Gasteiger partial charge in [0.25, 0.3) is 0 Å². The zero-order chi connectivity index (χ0) is 12.9. The van der Waals surface area contributed by atoms with Crippen LogP contribution in [0.25, 0.3) is 0 Å². The number of hydrogen-bond donors (Lipinski definition) is 1. The molecule has 2 unspecified atom stereocenters. The Hall–Kier alpha value is -0.300. The van der Waals surface area contributed by atoms with Crippen LogP contribution in [-0.4, -0.2) is 12.6 Å². The summed E-state index contributed by atoms with van der Waals surface area (Å²) < 4.78 is 0. The van der Waals surface area contributed by atoms with Gasteiger partial charge in [-0.2, -0.15) is 0 Å². The summed E-state index contributed by atoms with van der Waals surface area (Å²) in [6.07, 6.45) is 7.71. The van der Waals surface area contributed by atoms with Crippen LogP contribution in [0.15, 0.2) is 12.2 Å². The van der Waals surface area contributed by atoms with Gasteiger partial charge in [-0.3, -0.25) is 0 Å². The molecule has 1 heteroatoms. The summed E-state index contributed by atoms with van der Waals surface area (Å²) in [6, 6.07) is 0.653. The average Bonchev–Trinajstić information content (AvgIpc) is 2.63. The van der Waals surface area contributed by atoms with Crippen molar-refractivity contribution in [3.8, 4) is 0 Å². The van der Waals surface area contributed by atoms with E-state index in [-0.39, 0.29) is 0 Å². The minimum absolute atomic E-state index is 0.513. The molecule has 0 saturated heterocycles. The van der Waals surface area contributed by atoms with Crippen LogP contribution in [0.2, 0.25) is 0 Å². The zero-order valence-electron chi connectivity index (χ0n) is 12.3. The first-order valence-corrected chi connectivity index (χ1v) is 7.41. The molecular weight excluding hydrogens is 206 g/mol. The molecule has 0 aromatic heterocycles. The largest absolute Gasteiger partial charge is 0.313 e. The molecule has 1 N–H and O–H groups in total. The van der Waals surface area contributed by atoms with E-state index in [0.717, 1.165) is 18.9 Å². The highest BCUT2D eigenvalue weighted by molar-refractivity contribution is 5.02. The molecule has 0 radical (unpaired) electrons. The van der Waals surface area contributed by atoms with E-state index < -0.39 is 0 Å². The molecule has 0 spiro atoms. The van der Waals surface area contributed by atoms with E-state index in [1.165, 1.54) is 37.7 Å². The third-order valence-corrected chi connectivity index (χ3v) is 4.49. The molecule has 1 fully saturated rings. The Bertz CT molecular complexity index is 242. The van der Waals surface area contributed by atoms with Crippen LogP contribution >= 0.6 is 0 Å². The molecule has 1 aliphatic carbocycles. The minimum atomic E-state index is 0.513. The standard InChI is InChI=1S/C16H31N/c1-6-11-17-15(12-13(3)7-2)14-9-8-10-16(14,4)5/h14-15,17H,3,6-12H2,1-2,4-5H3. The van der Waals surface area contributed by atoms with Crippen molar-refractivity contribution in [3.63, 3.8) is 0 Å². The van der Waals surface area contributed by atoms with E-state index in [2.05, 4.69) is 39.6 Å². The van der Waals surface area contributed by atoms with Crippen LogP contribution in [0.4, 0.5) is 0 Å². The lowest BCUT2D eigenvalue weighted by Gasteiger charge is -2.35. The molecule has 1 rings (SSSR count). The van der Waals surface area contributed by atoms with Gasteiger partial charge in [0.05, 0.1) is 0 Å². The monoisotopic (exact) mass is 237 g/mol. The maximum atomic E-state index is 4.20. The van der Waals surface area contributed by atoms with Crippen molar-refractivity contribution in [2.75, 3.05) is 6.54 Å². The maximum Gasteiger partial charge on any atom is 0.0137 e. The lowest BCUT2D eigenvalue weighted by Crippen LogP contribution is -2.41. The summed E-state index contributed by atoms with van der Waals surface area (Å²) in [7, 11) is 0. The first-order valence-electron chi connectivity index (χ1n) is 7.41. The fourth-order valence-electron chi connectivity index (χ4n) is 3.24. The molecule has 1 aliphatic rings. The number of rotatable bonds is 7. The molecule has 100 valence electrons. The molecule has 1 nitrogen and oxygen atoms in total. The van der Waals surface area contributed by atoms with Crippen molar-refractivity contribution in [1.29, 1.82) is 0 Å². The highest BCUT2D eigenvalue weighted by atomic mass is 14.9. The highest BCUT2D eigenvalue weighted by Gasteiger charge is 2.39. The Kier molecular flexibility index (Phi) is 5.72. The van der Waals surface area contributed by atoms with E-state index in [1.807, 2.05) is 0 Å². The normalized spacial score (nSPS) is 24.8. The third-order valence-electron chi connectivity index (χ3n) is 4.49. The molecule has 0 amide bonds. The Morgan fingerprint density at radius 1 is 1.41 bits per heavy atom. The van der Waals surface area contributed by atoms with Gasteiger partial charge in [-0.1, -0.05) is 46.3 Å². The minimum Gasteiger partial charge on any atom is -0.313 e. The molecule has 1 saturated carbocycles. The van der Waals surface area contributed by atoms with Crippen molar-refractivity contribution in [1.82, 2.24) is 5.32 Å². The van der Waals surface area contributed by atoms with Gasteiger partial charge in [0.1, 0.15) is 0 Å². The van der Waals surface area contributed by atoms with E-state index in [0.29, 0.717) is 11.5 Å². The van der Waals surface area contributed by atoms with Crippen molar-refractivity contribution in [3.05, 3.63) is 12.2 Å². The van der Waals surface area contributed by atoms with Crippen LogP contribution in [-0.2, 0) is 0 Å². The molecule has 0 aromatic carbocycles. The molecule has 0 heterocycles. The van der Waals surface area contributed by atoms with Crippen LogP contribution in [0.1, 0.15) is 66.2 Å². The molecule has 17 heavy (non-hydrogen) atoms. The van der Waals surface area contributed by atoms with Crippen LogP contribution in [0.5, 0.6) is 0 Å². The van der Waals surface area contributed by atoms with Gasteiger partial charge in [0.2, 0.25) is 0 Å². The Morgan fingerprint density at radius 3 is 2.59 bits per heavy atom. The quantitative estimate of drug-likeness (QED) is 0.641. The molecule has 0 bridgehead atoms. The average molecular weight is 237 g/mol. The summed E-state index contributed by atoms with van der Waals surface area (Å²) in [5.74, 6) is 0.831.